The molecule has 32 heavy (non-hydrogen) atoms. The first-order valence-electron chi connectivity index (χ1n) is 10.7. The van der Waals surface area contributed by atoms with Crippen molar-refractivity contribution in [2.24, 2.45) is 0 Å². The third-order valence-corrected chi connectivity index (χ3v) is 6.02. The van der Waals surface area contributed by atoms with Crippen molar-refractivity contribution in [3.05, 3.63) is 28.8 Å². The summed E-state index contributed by atoms with van der Waals surface area (Å²) in [6.45, 7) is 6.35. The molecule has 2 aliphatic rings. The Morgan fingerprint density at radius 3 is 2.59 bits per heavy atom. The molecule has 0 aromatic carbocycles. The van der Waals surface area contributed by atoms with Gasteiger partial charge in [-0.15, -0.1) is 0 Å². The summed E-state index contributed by atoms with van der Waals surface area (Å²) in [7, 11) is 0. The third-order valence-electron chi connectivity index (χ3n) is 5.44. The Balaban J connectivity index is 1.54. The minimum atomic E-state index is -0.252. The van der Waals surface area contributed by atoms with E-state index < -0.39 is 0 Å². The summed E-state index contributed by atoms with van der Waals surface area (Å²) in [6, 6.07) is 0.231. The molecule has 1 fully saturated rings. The Morgan fingerprint density at radius 1 is 1.19 bits per heavy atom. The largest absolute Gasteiger partial charge is 0.486 e. The Kier molecular flexibility index (Phi) is 7.05. The molecule has 9 nitrogen and oxygen atoms in total. The van der Waals surface area contributed by atoms with E-state index in [4.69, 9.17) is 32.7 Å². The number of nitrogens with zero attached hydrogens (tertiary/aromatic N) is 5. The number of pyridine rings is 1. The second-order valence-corrected chi connectivity index (χ2v) is 8.84. The van der Waals surface area contributed by atoms with Crippen LogP contribution >= 0.6 is 23.2 Å². The molecule has 2 aromatic heterocycles. The molecule has 1 saturated heterocycles. The number of likely N-dealkylation sites (tertiary alicyclic amines) is 1. The van der Waals surface area contributed by atoms with Crippen LogP contribution in [0.5, 0.6) is 5.75 Å². The molecule has 2 aliphatic heterocycles. The third kappa shape index (κ3) is 4.94. The molecule has 0 unspecified atom stereocenters. The van der Waals surface area contributed by atoms with Crippen molar-refractivity contribution in [3.63, 3.8) is 0 Å². The zero-order chi connectivity index (χ0) is 22.7. The Hall–Kier alpha value is -2.52. The summed E-state index contributed by atoms with van der Waals surface area (Å²) in [4.78, 5) is 29.2. The van der Waals surface area contributed by atoms with E-state index in [0.717, 1.165) is 31.6 Å². The minimum Gasteiger partial charge on any atom is -0.486 e. The zero-order valence-electron chi connectivity index (χ0n) is 18.1. The Labute approximate surface area is 197 Å². The molecule has 0 aliphatic carbocycles. The number of rotatable bonds is 4. The monoisotopic (exact) mass is 480 g/mol. The maximum Gasteiger partial charge on any atom is 0.410 e. The number of carbonyl (C=O) groups is 1. The van der Waals surface area contributed by atoms with Gasteiger partial charge in [-0.1, -0.05) is 23.2 Å². The van der Waals surface area contributed by atoms with Gasteiger partial charge in [-0.25, -0.2) is 14.8 Å². The van der Waals surface area contributed by atoms with Gasteiger partial charge < -0.3 is 24.6 Å². The number of hydrogen-bond acceptors (Lipinski definition) is 8. The molecule has 0 saturated carbocycles. The van der Waals surface area contributed by atoms with E-state index in [1.165, 1.54) is 18.7 Å². The van der Waals surface area contributed by atoms with Gasteiger partial charge in [0.1, 0.15) is 6.33 Å². The van der Waals surface area contributed by atoms with Crippen LogP contribution in [0.4, 0.5) is 22.1 Å². The second kappa shape index (κ2) is 9.95. The van der Waals surface area contributed by atoms with Crippen LogP contribution in [0, 0.1) is 0 Å². The highest BCUT2D eigenvalue weighted by molar-refractivity contribution is 6.39. The van der Waals surface area contributed by atoms with Gasteiger partial charge in [0.15, 0.2) is 11.6 Å². The van der Waals surface area contributed by atoms with E-state index in [1.54, 1.807) is 4.90 Å². The molecule has 1 amide bonds. The van der Waals surface area contributed by atoms with Crippen molar-refractivity contribution in [1.29, 1.82) is 0 Å². The molecule has 2 aromatic rings. The maximum absolute atomic E-state index is 12.2. The van der Waals surface area contributed by atoms with E-state index in [2.05, 4.69) is 25.2 Å². The highest BCUT2D eigenvalue weighted by Crippen LogP contribution is 2.40. The quantitative estimate of drug-likeness (QED) is 0.682. The molecule has 4 rings (SSSR count). The van der Waals surface area contributed by atoms with E-state index in [9.17, 15) is 4.79 Å². The molecule has 0 atom stereocenters. The molecule has 11 heteroatoms. The number of ether oxygens (including phenoxy) is 2. The first-order chi connectivity index (χ1) is 15.4. The van der Waals surface area contributed by atoms with Gasteiger partial charge in [-0.2, -0.15) is 0 Å². The average molecular weight is 481 g/mol. The fraction of sp³-hybridized carbons (Fsp3) is 0.524. The van der Waals surface area contributed by atoms with Crippen LogP contribution in [-0.4, -0.2) is 64.3 Å². The summed E-state index contributed by atoms with van der Waals surface area (Å²) < 4.78 is 11.4. The Bertz CT molecular complexity index is 948. The van der Waals surface area contributed by atoms with Gasteiger partial charge in [-0.05, 0) is 33.1 Å². The number of aromatic nitrogens is 3. The van der Waals surface area contributed by atoms with Crippen molar-refractivity contribution >= 4 is 46.6 Å². The van der Waals surface area contributed by atoms with Crippen LogP contribution in [-0.2, 0) is 4.74 Å². The van der Waals surface area contributed by atoms with Crippen LogP contribution in [0.1, 0.15) is 33.1 Å². The van der Waals surface area contributed by atoms with Crippen molar-refractivity contribution in [1.82, 2.24) is 19.9 Å². The maximum atomic E-state index is 12.2. The van der Waals surface area contributed by atoms with E-state index in [1.807, 2.05) is 13.8 Å². The van der Waals surface area contributed by atoms with Gasteiger partial charge in [0.25, 0.3) is 0 Å². The lowest BCUT2D eigenvalue weighted by Crippen LogP contribution is -2.47. The highest BCUT2D eigenvalue weighted by Gasteiger charge is 2.32. The smallest absolute Gasteiger partial charge is 0.410 e. The number of fused-ring (bicyclic) bond motifs is 1. The van der Waals surface area contributed by atoms with Crippen LogP contribution in [0.2, 0.25) is 10.0 Å². The molecule has 0 bridgehead atoms. The predicted molar refractivity (Wildman–Crippen MR) is 123 cm³/mol. The fourth-order valence-corrected chi connectivity index (χ4v) is 4.41. The number of amides is 1. The van der Waals surface area contributed by atoms with E-state index in [-0.39, 0.29) is 18.2 Å². The van der Waals surface area contributed by atoms with Crippen molar-refractivity contribution in [2.75, 3.05) is 36.5 Å². The standard InChI is InChI=1S/C21H26Cl2N6O3/c1-13(2)32-21(30)28-7-4-14(5-8-28)29-6-3-9-31-18-19(25-12-26-20(18)29)27-17-15(22)10-24-11-16(17)23/h10-14H,3-9H2,1-2H3,(H,24,25,26,27). The average Bonchev–Trinajstić information content (AvgIpc) is 2.99. The number of carbonyl (C=O) groups excluding carboxylic acids is 1. The number of piperidine rings is 1. The van der Waals surface area contributed by atoms with Crippen LogP contribution in [0.15, 0.2) is 18.7 Å². The lowest BCUT2D eigenvalue weighted by molar-refractivity contribution is 0.0690. The van der Waals surface area contributed by atoms with Gasteiger partial charge in [0, 0.05) is 38.1 Å². The second-order valence-electron chi connectivity index (χ2n) is 8.02. The van der Waals surface area contributed by atoms with Gasteiger partial charge >= 0.3 is 6.09 Å². The lowest BCUT2D eigenvalue weighted by atomic mass is 10.0. The fourth-order valence-electron chi connectivity index (χ4n) is 3.95. The molecule has 1 N–H and O–H groups in total. The summed E-state index contributed by atoms with van der Waals surface area (Å²) in [5.41, 5.74) is 0.514. The summed E-state index contributed by atoms with van der Waals surface area (Å²) in [5, 5.41) is 3.95. The number of anilines is 3. The molecule has 172 valence electrons. The number of hydrogen-bond donors (Lipinski definition) is 1. The van der Waals surface area contributed by atoms with E-state index in [0.29, 0.717) is 47.0 Å². The molecule has 0 spiro atoms. The summed E-state index contributed by atoms with van der Waals surface area (Å²) >= 11 is 12.5. The summed E-state index contributed by atoms with van der Waals surface area (Å²) in [5.74, 6) is 1.79. The zero-order valence-corrected chi connectivity index (χ0v) is 19.6. The van der Waals surface area contributed by atoms with Crippen molar-refractivity contribution in [2.45, 2.75) is 45.3 Å². The number of nitrogens with one attached hydrogen (secondary N) is 1. The predicted octanol–water partition coefficient (Wildman–Crippen LogP) is 4.52. The molecule has 4 heterocycles. The SMILES string of the molecule is CC(C)OC(=O)N1CCC(N2CCCOc3c(Nc4c(Cl)cncc4Cl)ncnc32)CC1. The topological polar surface area (TPSA) is 92.7 Å². The van der Waals surface area contributed by atoms with Gasteiger partial charge in [-0.3, -0.25) is 4.98 Å². The minimum absolute atomic E-state index is 0.125. The molecular formula is C21H26Cl2N6O3. The van der Waals surface area contributed by atoms with Crippen LogP contribution in [0.25, 0.3) is 0 Å². The Morgan fingerprint density at radius 2 is 1.91 bits per heavy atom. The van der Waals surface area contributed by atoms with Crippen molar-refractivity contribution in [3.8, 4) is 5.75 Å². The van der Waals surface area contributed by atoms with Crippen molar-refractivity contribution < 1.29 is 14.3 Å². The lowest BCUT2D eigenvalue weighted by Gasteiger charge is -2.38. The highest BCUT2D eigenvalue weighted by atomic mass is 35.5. The van der Waals surface area contributed by atoms with Gasteiger partial charge in [0.05, 0.1) is 28.4 Å². The summed E-state index contributed by atoms with van der Waals surface area (Å²) in [6.07, 6.45) is 6.64. The van der Waals surface area contributed by atoms with Gasteiger partial charge in [0.2, 0.25) is 5.75 Å². The molecular weight excluding hydrogens is 455 g/mol. The van der Waals surface area contributed by atoms with Crippen LogP contribution < -0.4 is 15.0 Å². The normalized spacial score (nSPS) is 16.9. The number of halogens is 2. The van der Waals surface area contributed by atoms with Crippen LogP contribution in [0.3, 0.4) is 0 Å². The van der Waals surface area contributed by atoms with E-state index >= 15 is 0 Å². The first-order valence-corrected chi connectivity index (χ1v) is 11.5. The first kappa shape index (κ1) is 22.7. The molecule has 0 radical (unpaired) electrons.